The molecule has 0 bridgehead atoms. The minimum Gasteiger partial charge on any atom is -0.391 e. The Bertz CT molecular complexity index is 838. The fraction of sp³-hybridized carbons (Fsp3) is 0.294. The largest absolute Gasteiger partial charge is 0.391 e. The third-order valence-corrected chi connectivity index (χ3v) is 5.45. The Balaban J connectivity index is 1.67. The molecule has 1 amide bonds. The van der Waals surface area contributed by atoms with Crippen molar-refractivity contribution in [1.82, 2.24) is 14.6 Å². The first-order valence-electron chi connectivity index (χ1n) is 7.93. The van der Waals surface area contributed by atoms with Crippen molar-refractivity contribution in [2.75, 3.05) is 13.1 Å². The van der Waals surface area contributed by atoms with Crippen molar-refractivity contribution in [1.29, 1.82) is 0 Å². The van der Waals surface area contributed by atoms with Gasteiger partial charge in [-0.05, 0) is 42.8 Å². The summed E-state index contributed by atoms with van der Waals surface area (Å²) < 4.78 is 27.1. The van der Waals surface area contributed by atoms with Crippen LogP contribution in [0.5, 0.6) is 0 Å². The second-order valence-corrected chi connectivity index (χ2v) is 7.63. The maximum Gasteiger partial charge on any atom is 0.253 e. The third kappa shape index (κ3) is 4.22. The first-order chi connectivity index (χ1) is 12.0. The minimum atomic E-state index is -3.68. The molecule has 132 valence electrons. The molecule has 2 heterocycles. The molecule has 1 atom stereocenters. The summed E-state index contributed by atoms with van der Waals surface area (Å²) in [7, 11) is -3.68. The van der Waals surface area contributed by atoms with Crippen LogP contribution in [0.2, 0.25) is 0 Å². The van der Waals surface area contributed by atoms with Crippen LogP contribution in [-0.2, 0) is 16.6 Å². The molecule has 0 saturated carbocycles. The summed E-state index contributed by atoms with van der Waals surface area (Å²) in [5, 5.41) is 9.51. The molecule has 1 saturated heterocycles. The number of benzene rings is 1. The number of aromatic nitrogens is 1. The SMILES string of the molecule is O=C(c1ccc(S(=O)(=O)NCc2ccccn2)cc1)N1CC[C@@H](O)C1. The van der Waals surface area contributed by atoms with Crippen LogP contribution in [0.15, 0.2) is 53.6 Å². The molecular weight excluding hydrogens is 342 g/mol. The molecule has 1 aromatic carbocycles. The number of amides is 1. The maximum absolute atomic E-state index is 12.3. The van der Waals surface area contributed by atoms with Crippen LogP contribution in [-0.4, -0.2) is 48.5 Å². The van der Waals surface area contributed by atoms with E-state index in [1.165, 1.54) is 24.3 Å². The van der Waals surface area contributed by atoms with Crippen molar-refractivity contribution < 1.29 is 18.3 Å². The van der Waals surface area contributed by atoms with Crippen LogP contribution in [0.4, 0.5) is 0 Å². The molecule has 1 aliphatic heterocycles. The van der Waals surface area contributed by atoms with Gasteiger partial charge in [0.25, 0.3) is 5.91 Å². The molecular formula is C17H19N3O4S. The number of carbonyl (C=O) groups excluding carboxylic acids is 1. The molecule has 0 radical (unpaired) electrons. The quantitative estimate of drug-likeness (QED) is 0.819. The normalized spacial score (nSPS) is 17.6. The summed E-state index contributed by atoms with van der Waals surface area (Å²) in [6, 6.07) is 11.1. The number of aliphatic hydroxyl groups excluding tert-OH is 1. The second-order valence-electron chi connectivity index (χ2n) is 5.86. The number of β-amino-alcohol motifs (C(OH)–C–C–N with tert-alkyl or cyclic N) is 1. The van der Waals surface area contributed by atoms with Gasteiger partial charge in [-0.15, -0.1) is 0 Å². The lowest BCUT2D eigenvalue weighted by Crippen LogP contribution is -2.29. The van der Waals surface area contributed by atoms with E-state index in [0.29, 0.717) is 30.8 Å². The van der Waals surface area contributed by atoms with Gasteiger partial charge in [0.15, 0.2) is 0 Å². The minimum absolute atomic E-state index is 0.0847. The average molecular weight is 361 g/mol. The first-order valence-corrected chi connectivity index (χ1v) is 9.41. The Kier molecular flexibility index (Phi) is 5.12. The summed E-state index contributed by atoms with van der Waals surface area (Å²) in [5.74, 6) is -0.207. The summed E-state index contributed by atoms with van der Waals surface area (Å²) in [6.45, 7) is 0.908. The van der Waals surface area contributed by atoms with Crippen molar-refractivity contribution in [2.24, 2.45) is 0 Å². The molecule has 0 aliphatic carbocycles. The number of hydrogen-bond acceptors (Lipinski definition) is 5. The first kappa shape index (κ1) is 17.5. The van der Waals surface area contributed by atoms with Crippen LogP contribution in [0, 0.1) is 0 Å². The number of nitrogens with zero attached hydrogens (tertiary/aromatic N) is 2. The van der Waals surface area contributed by atoms with Gasteiger partial charge in [0.2, 0.25) is 10.0 Å². The number of aliphatic hydroxyl groups is 1. The van der Waals surface area contributed by atoms with E-state index >= 15 is 0 Å². The Morgan fingerprint density at radius 3 is 2.60 bits per heavy atom. The molecule has 1 aromatic heterocycles. The van der Waals surface area contributed by atoms with Gasteiger partial charge in [-0.3, -0.25) is 9.78 Å². The van der Waals surface area contributed by atoms with Gasteiger partial charge in [0.05, 0.1) is 23.2 Å². The zero-order valence-corrected chi connectivity index (χ0v) is 14.3. The highest BCUT2D eigenvalue weighted by molar-refractivity contribution is 7.89. The summed E-state index contributed by atoms with van der Waals surface area (Å²) >= 11 is 0. The molecule has 8 heteroatoms. The highest BCUT2D eigenvalue weighted by Gasteiger charge is 2.25. The van der Waals surface area contributed by atoms with Gasteiger partial charge < -0.3 is 10.0 Å². The van der Waals surface area contributed by atoms with Gasteiger partial charge in [-0.2, -0.15) is 0 Å². The molecule has 2 N–H and O–H groups in total. The van der Waals surface area contributed by atoms with Gasteiger partial charge in [0, 0.05) is 24.8 Å². The number of hydrogen-bond donors (Lipinski definition) is 2. The van der Waals surface area contributed by atoms with Crippen molar-refractivity contribution in [3.8, 4) is 0 Å². The molecule has 7 nitrogen and oxygen atoms in total. The third-order valence-electron chi connectivity index (χ3n) is 4.03. The summed E-state index contributed by atoms with van der Waals surface area (Å²) in [5.41, 5.74) is 1.02. The van der Waals surface area contributed by atoms with E-state index in [4.69, 9.17) is 0 Å². The number of carbonyl (C=O) groups is 1. The molecule has 0 unspecified atom stereocenters. The van der Waals surface area contributed by atoms with Crippen LogP contribution in [0.3, 0.4) is 0 Å². The van der Waals surface area contributed by atoms with E-state index in [1.807, 2.05) is 0 Å². The van der Waals surface area contributed by atoms with Crippen molar-refractivity contribution in [2.45, 2.75) is 24.0 Å². The maximum atomic E-state index is 12.3. The predicted octanol–water partition coefficient (Wildman–Crippen LogP) is 0.767. The molecule has 3 rings (SSSR count). The van der Waals surface area contributed by atoms with E-state index in [1.54, 1.807) is 29.3 Å². The molecule has 1 aliphatic rings. The Hall–Kier alpha value is -2.29. The zero-order chi connectivity index (χ0) is 17.9. The molecule has 1 fully saturated rings. The average Bonchev–Trinajstić information content (AvgIpc) is 3.07. The number of pyridine rings is 1. The van der Waals surface area contributed by atoms with Crippen LogP contribution in [0.25, 0.3) is 0 Å². The topological polar surface area (TPSA) is 99.6 Å². The van der Waals surface area contributed by atoms with Gasteiger partial charge >= 0.3 is 0 Å². The van der Waals surface area contributed by atoms with E-state index in [-0.39, 0.29) is 17.3 Å². The number of nitrogens with one attached hydrogen (secondary N) is 1. The highest BCUT2D eigenvalue weighted by atomic mass is 32.2. The Labute approximate surface area is 146 Å². The van der Waals surface area contributed by atoms with E-state index in [0.717, 1.165) is 0 Å². The highest BCUT2D eigenvalue weighted by Crippen LogP contribution is 2.16. The number of rotatable bonds is 5. The fourth-order valence-corrected chi connectivity index (χ4v) is 3.64. The monoisotopic (exact) mass is 361 g/mol. The van der Waals surface area contributed by atoms with Crippen molar-refractivity contribution in [3.63, 3.8) is 0 Å². The van der Waals surface area contributed by atoms with E-state index in [9.17, 15) is 18.3 Å². The van der Waals surface area contributed by atoms with Crippen molar-refractivity contribution >= 4 is 15.9 Å². The standard InChI is InChI=1S/C17H19N3O4S/c21-15-8-10-20(12-15)17(22)13-4-6-16(7-5-13)25(23,24)19-11-14-3-1-2-9-18-14/h1-7,9,15,19,21H,8,10-12H2/t15-/m1/s1. The molecule has 25 heavy (non-hydrogen) atoms. The van der Waals surface area contributed by atoms with E-state index < -0.39 is 16.1 Å². The number of likely N-dealkylation sites (tertiary alicyclic amines) is 1. The zero-order valence-electron chi connectivity index (χ0n) is 13.5. The Morgan fingerprint density at radius 2 is 2.00 bits per heavy atom. The summed E-state index contributed by atoms with van der Waals surface area (Å²) in [6.07, 6.45) is 1.68. The van der Waals surface area contributed by atoms with Gasteiger partial charge in [-0.1, -0.05) is 6.07 Å². The molecule has 2 aromatic rings. The lowest BCUT2D eigenvalue weighted by molar-refractivity contribution is 0.0765. The lowest BCUT2D eigenvalue weighted by atomic mass is 10.2. The van der Waals surface area contributed by atoms with Crippen LogP contribution >= 0.6 is 0 Å². The predicted molar refractivity (Wildman–Crippen MR) is 91.2 cm³/mol. The lowest BCUT2D eigenvalue weighted by Gasteiger charge is -2.15. The summed E-state index contributed by atoms with van der Waals surface area (Å²) in [4.78, 5) is 18.0. The van der Waals surface area contributed by atoms with Crippen LogP contribution in [0.1, 0.15) is 22.5 Å². The fourth-order valence-electron chi connectivity index (χ4n) is 2.64. The smallest absolute Gasteiger partial charge is 0.253 e. The van der Waals surface area contributed by atoms with Crippen molar-refractivity contribution in [3.05, 3.63) is 59.9 Å². The van der Waals surface area contributed by atoms with E-state index in [2.05, 4.69) is 9.71 Å². The van der Waals surface area contributed by atoms with Gasteiger partial charge in [0.1, 0.15) is 0 Å². The Morgan fingerprint density at radius 1 is 1.24 bits per heavy atom. The van der Waals surface area contributed by atoms with Crippen LogP contribution < -0.4 is 4.72 Å². The second kappa shape index (κ2) is 7.30. The molecule has 0 spiro atoms. The number of sulfonamides is 1. The van der Waals surface area contributed by atoms with Gasteiger partial charge in [-0.25, -0.2) is 13.1 Å².